The van der Waals surface area contributed by atoms with Gasteiger partial charge in [-0.15, -0.1) is 0 Å². The van der Waals surface area contributed by atoms with Crippen molar-refractivity contribution >= 4 is 5.91 Å². The molecular weight excluding hydrogens is 308 g/mol. The normalized spacial score (nSPS) is 20.0. The Hall–Kier alpha value is -2.41. The Morgan fingerprint density at radius 2 is 2.12 bits per heavy atom. The van der Waals surface area contributed by atoms with E-state index >= 15 is 0 Å². The summed E-state index contributed by atoms with van der Waals surface area (Å²) in [5, 5.41) is 10.4. The third-order valence-corrected chi connectivity index (χ3v) is 3.87. The van der Waals surface area contributed by atoms with Crippen LogP contribution in [-0.2, 0) is 4.74 Å². The van der Waals surface area contributed by atoms with Crippen LogP contribution in [0, 0.1) is 6.92 Å². The number of aromatic nitrogens is 3. The quantitative estimate of drug-likeness (QED) is 0.925. The first kappa shape index (κ1) is 16.4. The van der Waals surface area contributed by atoms with Gasteiger partial charge in [0.25, 0.3) is 5.91 Å². The lowest BCUT2D eigenvalue weighted by atomic mass is 10.0. The Labute approximate surface area is 141 Å². The lowest BCUT2D eigenvalue weighted by molar-refractivity contribution is -0.136. The summed E-state index contributed by atoms with van der Waals surface area (Å²) in [6.07, 6.45) is -0.204. The summed E-state index contributed by atoms with van der Waals surface area (Å²) in [6, 6.07) is 9.58. The van der Waals surface area contributed by atoms with Crippen LogP contribution in [0.25, 0.3) is 0 Å². The molecule has 24 heavy (non-hydrogen) atoms. The molecule has 2 heterocycles. The van der Waals surface area contributed by atoms with E-state index in [4.69, 9.17) is 9.47 Å². The van der Waals surface area contributed by atoms with E-state index in [0.29, 0.717) is 31.1 Å². The molecule has 0 bridgehead atoms. The van der Waals surface area contributed by atoms with Crippen molar-refractivity contribution in [2.75, 3.05) is 19.7 Å². The highest BCUT2D eigenvalue weighted by Crippen LogP contribution is 2.23. The number of ether oxygens (including phenoxy) is 2. The summed E-state index contributed by atoms with van der Waals surface area (Å²) in [5.41, 5.74) is 0.507. The SMILES string of the molecule is Cc1n[nH]nc1C(=O)N1C[C@H](COc2ccccc2)OC(C)(C)C1. The van der Waals surface area contributed by atoms with Gasteiger partial charge in [0.2, 0.25) is 0 Å². The van der Waals surface area contributed by atoms with Crippen molar-refractivity contribution in [1.29, 1.82) is 0 Å². The van der Waals surface area contributed by atoms with Gasteiger partial charge in [-0.3, -0.25) is 4.79 Å². The highest BCUT2D eigenvalue weighted by molar-refractivity contribution is 5.93. The number of aryl methyl sites for hydroxylation is 1. The molecule has 128 valence electrons. The summed E-state index contributed by atoms with van der Waals surface area (Å²) < 4.78 is 11.8. The zero-order valence-electron chi connectivity index (χ0n) is 14.2. The molecule has 7 nitrogen and oxygen atoms in total. The standard InChI is InChI=1S/C17H22N4O3/c1-12-15(19-20-18-12)16(22)21-9-14(24-17(2,3)11-21)10-23-13-7-5-4-6-8-13/h4-8,14H,9-11H2,1-3H3,(H,18,19,20)/t14-/m1/s1. The lowest BCUT2D eigenvalue weighted by Crippen LogP contribution is -2.56. The maximum Gasteiger partial charge on any atom is 0.276 e. The van der Waals surface area contributed by atoms with E-state index in [-0.39, 0.29) is 12.0 Å². The Bertz CT molecular complexity index is 699. The van der Waals surface area contributed by atoms with Crippen LogP contribution in [-0.4, -0.2) is 57.6 Å². The fourth-order valence-electron chi connectivity index (χ4n) is 2.88. The number of para-hydroxylation sites is 1. The van der Waals surface area contributed by atoms with Crippen molar-refractivity contribution < 1.29 is 14.3 Å². The van der Waals surface area contributed by atoms with E-state index in [1.807, 2.05) is 44.2 Å². The summed E-state index contributed by atoms with van der Waals surface area (Å²) >= 11 is 0. The molecular formula is C17H22N4O3. The van der Waals surface area contributed by atoms with Gasteiger partial charge in [-0.05, 0) is 32.9 Å². The maximum atomic E-state index is 12.7. The number of carbonyl (C=O) groups is 1. The maximum absolute atomic E-state index is 12.7. The van der Waals surface area contributed by atoms with E-state index in [2.05, 4.69) is 15.4 Å². The molecule has 0 spiro atoms. The lowest BCUT2D eigenvalue weighted by Gasteiger charge is -2.42. The van der Waals surface area contributed by atoms with Crippen LogP contribution in [0.5, 0.6) is 5.75 Å². The van der Waals surface area contributed by atoms with E-state index in [9.17, 15) is 4.79 Å². The fourth-order valence-corrected chi connectivity index (χ4v) is 2.88. The van der Waals surface area contributed by atoms with Crippen LogP contribution >= 0.6 is 0 Å². The second kappa shape index (κ2) is 6.60. The summed E-state index contributed by atoms with van der Waals surface area (Å²) in [7, 11) is 0. The molecule has 1 N–H and O–H groups in total. The zero-order valence-corrected chi connectivity index (χ0v) is 14.2. The third-order valence-electron chi connectivity index (χ3n) is 3.87. The highest BCUT2D eigenvalue weighted by atomic mass is 16.5. The number of benzene rings is 1. The van der Waals surface area contributed by atoms with Crippen molar-refractivity contribution in [3.8, 4) is 5.75 Å². The van der Waals surface area contributed by atoms with Gasteiger partial charge < -0.3 is 14.4 Å². The van der Waals surface area contributed by atoms with Crippen LogP contribution < -0.4 is 4.74 Å². The Morgan fingerprint density at radius 1 is 1.38 bits per heavy atom. The molecule has 0 unspecified atom stereocenters. The molecule has 1 aliphatic rings. The van der Waals surface area contributed by atoms with Crippen LogP contribution in [0.3, 0.4) is 0 Å². The number of hydrogen-bond acceptors (Lipinski definition) is 5. The van der Waals surface area contributed by atoms with Gasteiger partial charge in [0.15, 0.2) is 5.69 Å². The van der Waals surface area contributed by atoms with E-state index in [1.54, 1.807) is 11.8 Å². The zero-order chi connectivity index (χ0) is 17.2. The molecule has 1 aromatic carbocycles. The molecule has 1 fully saturated rings. The average molecular weight is 330 g/mol. The van der Waals surface area contributed by atoms with Crippen LogP contribution in [0.2, 0.25) is 0 Å². The van der Waals surface area contributed by atoms with Gasteiger partial charge in [-0.1, -0.05) is 18.2 Å². The van der Waals surface area contributed by atoms with Crippen molar-refractivity contribution in [3.05, 3.63) is 41.7 Å². The molecule has 0 aliphatic carbocycles. The molecule has 1 saturated heterocycles. The number of aromatic amines is 1. The minimum atomic E-state index is -0.448. The van der Waals surface area contributed by atoms with Gasteiger partial charge in [-0.25, -0.2) is 0 Å². The minimum Gasteiger partial charge on any atom is -0.491 e. The second-order valence-electron chi connectivity index (χ2n) is 6.57. The van der Waals surface area contributed by atoms with Gasteiger partial charge in [-0.2, -0.15) is 15.4 Å². The van der Waals surface area contributed by atoms with E-state index < -0.39 is 5.60 Å². The molecule has 7 heteroatoms. The molecule has 1 aliphatic heterocycles. The highest BCUT2D eigenvalue weighted by Gasteiger charge is 2.37. The van der Waals surface area contributed by atoms with Crippen LogP contribution in [0.15, 0.2) is 30.3 Å². The molecule has 0 saturated carbocycles. The number of rotatable bonds is 4. The smallest absolute Gasteiger partial charge is 0.276 e. The number of amides is 1. The summed E-state index contributed by atoms with van der Waals surface area (Å²) in [4.78, 5) is 14.5. The number of morpholine rings is 1. The van der Waals surface area contributed by atoms with Gasteiger partial charge >= 0.3 is 0 Å². The summed E-state index contributed by atoms with van der Waals surface area (Å²) in [6.45, 7) is 7.05. The second-order valence-corrected chi connectivity index (χ2v) is 6.57. The predicted octanol–water partition coefficient (Wildman–Crippen LogP) is 1.81. The Balaban J connectivity index is 1.68. The first-order valence-corrected chi connectivity index (χ1v) is 7.97. The predicted molar refractivity (Wildman–Crippen MR) is 87.9 cm³/mol. The first-order chi connectivity index (χ1) is 11.4. The van der Waals surface area contributed by atoms with Crippen molar-refractivity contribution in [2.24, 2.45) is 0 Å². The molecule has 0 radical (unpaired) electrons. The van der Waals surface area contributed by atoms with Crippen molar-refractivity contribution in [3.63, 3.8) is 0 Å². The number of nitrogens with zero attached hydrogens (tertiary/aromatic N) is 3. The topological polar surface area (TPSA) is 80.3 Å². The van der Waals surface area contributed by atoms with Gasteiger partial charge in [0, 0.05) is 6.54 Å². The van der Waals surface area contributed by atoms with Gasteiger partial charge in [0.05, 0.1) is 17.8 Å². The van der Waals surface area contributed by atoms with Crippen molar-refractivity contribution in [2.45, 2.75) is 32.5 Å². The monoisotopic (exact) mass is 330 g/mol. The van der Waals surface area contributed by atoms with Crippen LogP contribution in [0.1, 0.15) is 30.0 Å². The molecule has 1 aromatic heterocycles. The number of carbonyl (C=O) groups excluding carboxylic acids is 1. The number of nitrogens with one attached hydrogen (secondary N) is 1. The summed E-state index contributed by atoms with van der Waals surface area (Å²) in [5.74, 6) is 0.650. The first-order valence-electron chi connectivity index (χ1n) is 7.97. The molecule has 2 aromatic rings. The van der Waals surface area contributed by atoms with E-state index in [1.165, 1.54) is 0 Å². The minimum absolute atomic E-state index is 0.137. The largest absolute Gasteiger partial charge is 0.491 e. The Morgan fingerprint density at radius 3 is 2.79 bits per heavy atom. The molecule has 1 atom stereocenters. The third kappa shape index (κ3) is 3.73. The van der Waals surface area contributed by atoms with Gasteiger partial charge in [0.1, 0.15) is 18.5 Å². The molecule has 1 amide bonds. The average Bonchev–Trinajstić information content (AvgIpc) is 2.98. The van der Waals surface area contributed by atoms with Crippen LogP contribution in [0.4, 0.5) is 0 Å². The number of H-pyrrole nitrogens is 1. The molecule has 3 rings (SSSR count). The van der Waals surface area contributed by atoms with Crippen molar-refractivity contribution in [1.82, 2.24) is 20.3 Å². The van der Waals surface area contributed by atoms with E-state index in [0.717, 1.165) is 5.75 Å². The Kier molecular flexibility index (Phi) is 4.53. The fraction of sp³-hybridized carbons (Fsp3) is 0.471. The number of hydrogen-bond donors (Lipinski definition) is 1.